The molecule has 2 aromatic rings. The lowest BCUT2D eigenvalue weighted by Gasteiger charge is -2.38. The predicted octanol–water partition coefficient (Wildman–Crippen LogP) is 14.0. The number of rotatable bonds is 12. The van der Waals surface area contributed by atoms with Gasteiger partial charge in [0.15, 0.2) is 12.6 Å². The van der Waals surface area contributed by atoms with Gasteiger partial charge in [-0.1, -0.05) is 196 Å². The van der Waals surface area contributed by atoms with E-state index in [1.54, 1.807) is 0 Å². The predicted molar refractivity (Wildman–Crippen MR) is 241 cm³/mol. The van der Waals surface area contributed by atoms with Crippen molar-refractivity contribution >= 4 is 0 Å². The Morgan fingerprint density at radius 2 is 0.828 bits per heavy atom. The molecule has 0 N–H and O–H groups in total. The number of fused-ring (bicyclic) bond motifs is 2. The number of ether oxygens (including phenoxy) is 4. The van der Waals surface area contributed by atoms with Gasteiger partial charge in [-0.15, -0.1) is 0 Å². The van der Waals surface area contributed by atoms with Crippen LogP contribution in [0.4, 0.5) is 0 Å². The maximum Gasteiger partial charge on any atom is 0.185 e. The van der Waals surface area contributed by atoms with Crippen LogP contribution < -0.4 is 0 Å². The van der Waals surface area contributed by atoms with E-state index in [4.69, 9.17) is 18.9 Å². The summed E-state index contributed by atoms with van der Waals surface area (Å²) in [6, 6.07) is 20.5. The van der Waals surface area contributed by atoms with Gasteiger partial charge in [-0.3, -0.25) is 0 Å². The molecule has 0 spiro atoms. The van der Waals surface area contributed by atoms with Crippen molar-refractivity contribution in [2.45, 2.75) is 119 Å². The van der Waals surface area contributed by atoms with E-state index in [0.717, 1.165) is 24.0 Å². The van der Waals surface area contributed by atoms with Crippen LogP contribution in [0.25, 0.3) is 0 Å². The van der Waals surface area contributed by atoms with Crippen LogP contribution in [0.2, 0.25) is 0 Å². The highest BCUT2D eigenvalue weighted by atomic mass is 16.7. The SMILES string of the molecule is CC1=C(/C=C/C(C)=C/C=C/C(C)=C/C=C/C=C(C)/C=C/C=C(C)/C=C/C2=C(C)[C@H]3OC(c4ccccc4)O[C@H]3CC2(C)C)C(C)(C)C[C@@H]2OC(c3ccccc3)O[C@H]12. The third-order valence-corrected chi connectivity index (χ3v) is 11.8. The van der Waals surface area contributed by atoms with Crippen LogP contribution in [-0.2, 0) is 18.9 Å². The van der Waals surface area contributed by atoms with Crippen molar-refractivity contribution < 1.29 is 18.9 Å². The van der Waals surface area contributed by atoms with Gasteiger partial charge >= 0.3 is 0 Å². The fourth-order valence-electron chi connectivity index (χ4n) is 8.66. The van der Waals surface area contributed by atoms with Crippen molar-refractivity contribution in [2.75, 3.05) is 0 Å². The molecule has 0 saturated carbocycles. The Bertz CT molecular complexity index is 1960. The molecule has 4 aliphatic rings. The molecule has 0 amide bonds. The van der Waals surface area contributed by atoms with Gasteiger partial charge in [0.1, 0.15) is 12.2 Å². The zero-order valence-electron chi connectivity index (χ0n) is 36.4. The zero-order chi connectivity index (χ0) is 41.5. The molecule has 0 bridgehead atoms. The topological polar surface area (TPSA) is 36.9 Å². The zero-order valence-corrected chi connectivity index (χ0v) is 36.4. The summed E-state index contributed by atoms with van der Waals surface area (Å²) in [4.78, 5) is 0. The molecule has 0 radical (unpaired) electrons. The van der Waals surface area contributed by atoms with E-state index in [9.17, 15) is 0 Å². The first-order chi connectivity index (χ1) is 27.7. The number of allylic oxidation sites excluding steroid dienone is 20. The quantitative estimate of drug-likeness (QED) is 0.201. The maximum atomic E-state index is 6.45. The fourth-order valence-corrected chi connectivity index (χ4v) is 8.66. The summed E-state index contributed by atoms with van der Waals surface area (Å²) in [5, 5.41) is 0. The van der Waals surface area contributed by atoms with Crippen LogP contribution in [0, 0.1) is 10.8 Å². The largest absolute Gasteiger partial charge is 0.342 e. The average molecular weight is 777 g/mol. The highest BCUT2D eigenvalue weighted by Gasteiger charge is 2.47. The van der Waals surface area contributed by atoms with Gasteiger partial charge < -0.3 is 18.9 Å². The minimum atomic E-state index is -0.309. The normalized spacial score (nSPS) is 28.3. The van der Waals surface area contributed by atoms with E-state index in [1.807, 2.05) is 36.4 Å². The molecule has 304 valence electrons. The molecule has 2 saturated heterocycles. The maximum absolute atomic E-state index is 6.45. The molecule has 4 nitrogen and oxygen atoms in total. The minimum Gasteiger partial charge on any atom is -0.342 e. The van der Waals surface area contributed by atoms with Gasteiger partial charge in [0.2, 0.25) is 0 Å². The van der Waals surface area contributed by atoms with E-state index in [1.165, 1.54) is 44.6 Å². The first kappa shape index (κ1) is 43.0. The first-order valence-corrected chi connectivity index (χ1v) is 20.9. The smallest absolute Gasteiger partial charge is 0.185 e. The summed E-state index contributed by atoms with van der Waals surface area (Å²) >= 11 is 0. The molecule has 2 heterocycles. The van der Waals surface area contributed by atoms with E-state index in [0.29, 0.717) is 0 Å². The highest BCUT2D eigenvalue weighted by molar-refractivity contribution is 5.42. The van der Waals surface area contributed by atoms with Crippen molar-refractivity contribution in [1.29, 1.82) is 0 Å². The number of benzene rings is 2. The summed E-state index contributed by atoms with van der Waals surface area (Å²) in [6.45, 7) is 22.2. The number of hydrogen-bond acceptors (Lipinski definition) is 4. The van der Waals surface area contributed by atoms with Gasteiger partial charge in [-0.05, 0) is 87.5 Å². The Labute approximate surface area is 349 Å². The van der Waals surface area contributed by atoms with Gasteiger partial charge in [-0.2, -0.15) is 0 Å². The van der Waals surface area contributed by atoms with E-state index in [2.05, 4.69) is 179 Å². The van der Waals surface area contributed by atoms with Crippen molar-refractivity contribution in [3.05, 3.63) is 201 Å². The molecule has 0 aromatic heterocycles. The highest BCUT2D eigenvalue weighted by Crippen LogP contribution is 2.50. The van der Waals surface area contributed by atoms with Crippen molar-refractivity contribution in [1.82, 2.24) is 0 Å². The molecule has 6 atom stereocenters. The van der Waals surface area contributed by atoms with E-state index in [-0.39, 0.29) is 47.8 Å². The van der Waals surface area contributed by atoms with Crippen molar-refractivity contribution in [2.24, 2.45) is 10.8 Å². The molecule has 2 aliphatic carbocycles. The van der Waals surface area contributed by atoms with Gasteiger partial charge in [0.05, 0.1) is 12.2 Å². The van der Waals surface area contributed by atoms with E-state index < -0.39 is 0 Å². The molecule has 2 unspecified atom stereocenters. The van der Waals surface area contributed by atoms with Gasteiger partial charge in [0, 0.05) is 11.1 Å². The third-order valence-electron chi connectivity index (χ3n) is 11.8. The Kier molecular flexibility index (Phi) is 14.1. The first-order valence-electron chi connectivity index (χ1n) is 20.9. The summed E-state index contributed by atoms with van der Waals surface area (Å²) in [5.74, 6) is 0. The van der Waals surface area contributed by atoms with Crippen LogP contribution in [0.5, 0.6) is 0 Å². The minimum absolute atomic E-state index is 0.00129. The summed E-state index contributed by atoms with van der Waals surface area (Å²) < 4.78 is 25.7. The lowest BCUT2D eigenvalue weighted by Crippen LogP contribution is -2.37. The van der Waals surface area contributed by atoms with Gasteiger partial charge in [-0.25, -0.2) is 0 Å². The van der Waals surface area contributed by atoms with Crippen LogP contribution in [-0.4, -0.2) is 24.4 Å². The van der Waals surface area contributed by atoms with Crippen LogP contribution in [0.15, 0.2) is 190 Å². The molecule has 2 aliphatic heterocycles. The van der Waals surface area contributed by atoms with Crippen molar-refractivity contribution in [3.8, 4) is 0 Å². The lowest BCUT2D eigenvalue weighted by molar-refractivity contribution is -0.0679. The third kappa shape index (κ3) is 10.7. The van der Waals surface area contributed by atoms with E-state index >= 15 is 0 Å². The van der Waals surface area contributed by atoms with Crippen molar-refractivity contribution in [3.63, 3.8) is 0 Å². The van der Waals surface area contributed by atoms with Crippen LogP contribution in [0.3, 0.4) is 0 Å². The average Bonchev–Trinajstić information content (AvgIpc) is 3.81. The Hall–Kier alpha value is -4.58. The second kappa shape index (κ2) is 19.0. The molecule has 6 rings (SSSR count). The Balaban J connectivity index is 0.989. The monoisotopic (exact) mass is 776 g/mol. The van der Waals surface area contributed by atoms with Crippen LogP contribution in [0.1, 0.15) is 106 Å². The van der Waals surface area contributed by atoms with Gasteiger partial charge in [0.25, 0.3) is 0 Å². The standard InChI is InChI=1S/C54H64O4/c1-37(23-19-25-39(3)31-33-45-41(5)49-47(35-53(45,7)8)55-51(57-49)43-27-13-11-14-28-43)21-17-18-22-38(2)24-20-26-40(4)32-34-46-42(6)50-48(36-54(46,9)10)56-52(58-50)44-29-15-12-16-30-44/h11-34,47-52H,35-36H2,1-10H3/b18-17+,23-19+,24-20+,33-31+,34-32+,37-21+,38-22+,39-25+,40-26+/t47-,48-,49+,50+,51?,52?/m0/s1. The summed E-state index contributed by atoms with van der Waals surface area (Å²) in [6.07, 6.45) is 31.7. The summed E-state index contributed by atoms with van der Waals surface area (Å²) in [7, 11) is 0. The van der Waals surface area contributed by atoms with Crippen LogP contribution >= 0.6 is 0 Å². The number of hydrogen-bond donors (Lipinski definition) is 0. The molecule has 2 fully saturated rings. The molecular formula is C54H64O4. The fraction of sp³-hybridized carbons (Fsp3) is 0.370. The Morgan fingerprint density at radius 3 is 1.21 bits per heavy atom. The summed E-state index contributed by atoms with van der Waals surface area (Å²) in [5.41, 5.74) is 12.1. The lowest BCUT2D eigenvalue weighted by atomic mass is 9.70. The molecule has 58 heavy (non-hydrogen) atoms. The molecule has 4 heteroatoms. The second-order valence-electron chi connectivity index (χ2n) is 17.7. The molecule has 2 aromatic carbocycles. The molecular weight excluding hydrogens is 713 g/mol. The second-order valence-corrected chi connectivity index (χ2v) is 17.7. The Morgan fingerprint density at radius 1 is 0.483 bits per heavy atom.